The summed E-state index contributed by atoms with van der Waals surface area (Å²) in [5.74, 6) is 0.705. The molecular weight excluding hydrogens is 468 g/mol. The average molecular weight is 507 g/mol. The number of aliphatic carboxylic acids is 1. The molecule has 1 atom stereocenters. The van der Waals surface area contributed by atoms with Crippen LogP contribution in [-0.2, 0) is 22.4 Å². The summed E-state index contributed by atoms with van der Waals surface area (Å²) in [5, 5.41) is 17.3. The molecule has 4 rings (SSSR count). The smallest absolute Gasteiger partial charge is 0.326 e. The molecule has 3 N–H and O–H groups in total. The second-order valence-corrected chi connectivity index (χ2v) is 9.40. The SMILES string of the molecule is CCOCCN(CCCCc1ccc2c(n1)NCCC2)CCC(Nc1ncnc2ccccc12)C(=O)O. The van der Waals surface area contributed by atoms with Crippen molar-refractivity contribution in [3.05, 3.63) is 54.0 Å². The first-order valence-corrected chi connectivity index (χ1v) is 13.4. The van der Waals surface area contributed by atoms with E-state index in [1.165, 1.54) is 18.3 Å². The fraction of sp³-hybridized carbons (Fsp3) is 0.500. The molecule has 0 saturated carbocycles. The van der Waals surface area contributed by atoms with Crippen molar-refractivity contribution in [1.82, 2.24) is 19.9 Å². The normalized spacial score (nSPS) is 13.8. The van der Waals surface area contributed by atoms with Crippen LogP contribution >= 0.6 is 0 Å². The number of rotatable bonds is 15. The Balaban J connectivity index is 1.30. The molecule has 198 valence electrons. The minimum absolute atomic E-state index is 0.456. The number of ether oxygens (including phenoxy) is 1. The number of carboxylic acids is 1. The van der Waals surface area contributed by atoms with E-state index in [4.69, 9.17) is 9.72 Å². The molecule has 0 aliphatic carbocycles. The van der Waals surface area contributed by atoms with Crippen LogP contribution in [0.15, 0.2) is 42.7 Å². The molecule has 0 spiro atoms. The van der Waals surface area contributed by atoms with Gasteiger partial charge in [0, 0.05) is 37.3 Å². The number of anilines is 2. The van der Waals surface area contributed by atoms with Crippen molar-refractivity contribution >= 4 is 28.5 Å². The lowest BCUT2D eigenvalue weighted by atomic mass is 10.1. The van der Waals surface area contributed by atoms with Gasteiger partial charge < -0.3 is 25.4 Å². The highest BCUT2D eigenvalue weighted by molar-refractivity contribution is 5.90. The molecule has 37 heavy (non-hydrogen) atoms. The Bertz CT molecular complexity index is 1150. The summed E-state index contributed by atoms with van der Waals surface area (Å²) >= 11 is 0. The number of para-hydroxylation sites is 1. The van der Waals surface area contributed by atoms with Gasteiger partial charge in [0.15, 0.2) is 0 Å². The van der Waals surface area contributed by atoms with Crippen molar-refractivity contribution in [1.29, 1.82) is 0 Å². The average Bonchev–Trinajstić information content (AvgIpc) is 2.92. The Labute approximate surface area is 218 Å². The molecular formula is C28H38N6O3. The molecule has 0 amide bonds. The van der Waals surface area contributed by atoms with Gasteiger partial charge in [-0.05, 0) is 75.8 Å². The predicted octanol–water partition coefficient (Wildman–Crippen LogP) is 4.00. The number of aromatic nitrogens is 3. The molecule has 1 aromatic carbocycles. The van der Waals surface area contributed by atoms with Gasteiger partial charge in [0.1, 0.15) is 24.0 Å². The van der Waals surface area contributed by atoms with Crippen LogP contribution in [-0.4, -0.2) is 76.4 Å². The largest absolute Gasteiger partial charge is 0.480 e. The van der Waals surface area contributed by atoms with Gasteiger partial charge in [-0.25, -0.2) is 19.7 Å². The van der Waals surface area contributed by atoms with Gasteiger partial charge in [0.25, 0.3) is 0 Å². The molecule has 3 aromatic rings. The van der Waals surface area contributed by atoms with E-state index in [9.17, 15) is 9.90 Å². The minimum atomic E-state index is -0.889. The summed E-state index contributed by atoms with van der Waals surface area (Å²) in [6, 6.07) is 11.2. The maximum atomic E-state index is 12.1. The zero-order valence-corrected chi connectivity index (χ0v) is 21.7. The van der Waals surface area contributed by atoms with Crippen LogP contribution in [0, 0.1) is 0 Å². The number of fused-ring (bicyclic) bond motifs is 2. The Kier molecular flexibility index (Phi) is 10.0. The van der Waals surface area contributed by atoms with E-state index >= 15 is 0 Å². The summed E-state index contributed by atoms with van der Waals surface area (Å²) < 4.78 is 5.58. The van der Waals surface area contributed by atoms with Crippen LogP contribution in [0.3, 0.4) is 0 Å². The number of nitrogens with one attached hydrogen (secondary N) is 2. The quantitative estimate of drug-likeness (QED) is 0.263. The first-order valence-electron chi connectivity index (χ1n) is 13.4. The third-order valence-corrected chi connectivity index (χ3v) is 6.75. The maximum Gasteiger partial charge on any atom is 0.326 e. The second-order valence-electron chi connectivity index (χ2n) is 9.40. The first kappa shape index (κ1) is 26.8. The number of carboxylic acid groups (broad SMARTS) is 1. The standard InChI is InChI=1S/C28H38N6O3/c1-2-37-19-18-34(16-6-5-9-22-13-12-21-8-7-15-29-26(21)32-22)17-14-25(28(35)36)33-27-23-10-3-4-11-24(23)30-20-31-27/h3-4,10-13,20,25H,2,5-9,14-19H2,1H3,(H,29,32)(H,35,36)(H,30,31,33). The van der Waals surface area contributed by atoms with Gasteiger partial charge in [-0.15, -0.1) is 0 Å². The molecule has 0 radical (unpaired) electrons. The van der Waals surface area contributed by atoms with Crippen LogP contribution in [0.2, 0.25) is 0 Å². The zero-order valence-electron chi connectivity index (χ0n) is 21.7. The Morgan fingerprint density at radius 2 is 2.05 bits per heavy atom. The number of benzene rings is 1. The molecule has 0 bridgehead atoms. The lowest BCUT2D eigenvalue weighted by Gasteiger charge is -2.24. The van der Waals surface area contributed by atoms with E-state index in [1.54, 1.807) is 0 Å². The predicted molar refractivity (Wildman–Crippen MR) is 146 cm³/mol. The van der Waals surface area contributed by atoms with Gasteiger partial charge in [0.05, 0.1) is 12.1 Å². The van der Waals surface area contributed by atoms with Gasteiger partial charge in [0.2, 0.25) is 0 Å². The van der Waals surface area contributed by atoms with Crippen LogP contribution in [0.5, 0.6) is 0 Å². The summed E-state index contributed by atoms with van der Waals surface area (Å²) in [7, 11) is 0. The molecule has 1 aliphatic heterocycles. The van der Waals surface area contributed by atoms with Gasteiger partial charge in [-0.1, -0.05) is 18.2 Å². The molecule has 3 heterocycles. The number of nitrogens with zero attached hydrogens (tertiary/aromatic N) is 4. The highest BCUT2D eigenvalue weighted by Gasteiger charge is 2.20. The van der Waals surface area contributed by atoms with Crippen LogP contribution in [0.1, 0.15) is 43.9 Å². The second kappa shape index (κ2) is 13.9. The number of carbonyl (C=O) groups is 1. The monoisotopic (exact) mass is 506 g/mol. The van der Waals surface area contributed by atoms with E-state index in [0.29, 0.717) is 32.0 Å². The van der Waals surface area contributed by atoms with Crippen molar-refractivity contribution in [2.24, 2.45) is 0 Å². The van der Waals surface area contributed by atoms with Crippen LogP contribution in [0.4, 0.5) is 11.6 Å². The first-order chi connectivity index (χ1) is 18.1. The van der Waals surface area contributed by atoms with Crippen LogP contribution < -0.4 is 10.6 Å². The number of hydrogen-bond acceptors (Lipinski definition) is 8. The molecule has 1 unspecified atom stereocenters. The van der Waals surface area contributed by atoms with Crippen LogP contribution in [0.25, 0.3) is 10.9 Å². The van der Waals surface area contributed by atoms with E-state index in [1.807, 2.05) is 31.2 Å². The van der Waals surface area contributed by atoms with Crippen molar-refractivity contribution in [3.63, 3.8) is 0 Å². The van der Waals surface area contributed by atoms with E-state index in [2.05, 4.69) is 37.6 Å². The lowest BCUT2D eigenvalue weighted by Crippen LogP contribution is -2.37. The molecule has 0 fully saturated rings. The Morgan fingerprint density at radius 1 is 1.16 bits per heavy atom. The van der Waals surface area contributed by atoms with Gasteiger partial charge in [-0.2, -0.15) is 0 Å². The Morgan fingerprint density at radius 3 is 2.92 bits per heavy atom. The molecule has 9 heteroatoms. The van der Waals surface area contributed by atoms with Gasteiger partial charge >= 0.3 is 5.97 Å². The molecule has 0 saturated heterocycles. The lowest BCUT2D eigenvalue weighted by molar-refractivity contribution is -0.138. The number of unbranched alkanes of at least 4 members (excludes halogenated alkanes) is 1. The van der Waals surface area contributed by atoms with E-state index in [0.717, 1.165) is 67.7 Å². The number of pyridine rings is 1. The third kappa shape index (κ3) is 7.84. The molecule has 2 aromatic heterocycles. The third-order valence-electron chi connectivity index (χ3n) is 6.75. The topological polar surface area (TPSA) is 113 Å². The molecule has 9 nitrogen and oxygen atoms in total. The van der Waals surface area contributed by atoms with Gasteiger partial charge in [-0.3, -0.25) is 0 Å². The highest BCUT2D eigenvalue weighted by Crippen LogP contribution is 2.21. The van der Waals surface area contributed by atoms with E-state index in [-0.39, 0.29) is 0 Å². The Hall–Kier alpha value is -3.30. The summed E-state index contributed by atoms with van der Waals surface area (Å²) in [5.41, 5.74) is 3.22. The fourth-order valence-electron chi connectivity index (χ4n) is 4.68. The van der Waals surface area contributed by atoms with Crippen molar-refractivity contribution in [2.45, 2.75) is 51.5 Å². The minimum Gasteiger partial charge on any atom is -0.480 e. The maximum absolute atomic E-state index is 12.1. The van der Waals surface area contributed by atoms with Crippen molar-refractivity contribution < 1.29 is 14.6 Å². The highest BCUT2D eigenvalue weighted by atomic mass is 16.5. The van der Waals surface area contributed by atoms with Crippen molar-refractivity contribution in [2.75, 3.05) is 50.0 Å². The number of hydrogen-bond donors (Lipinski definition) is 3. The summed E-state index contributed by atoms with van der Waals surface area (Å²) in [6.07, 6.45) is 7.17. The number of aryl methyl sites for hydroxylation is 2. The zero-order chi connectivity index (χ0) is 25.9. The van der Waals surface area contributed by atoms with E-state index < -0.39 is 12.0 Å². The summed E-state index contributed by atoms with van der Waals surface area (Å²) in [6.45, 7) is 6.61. The van der Waals surface area contributed by atoms with Crippen molar-refractivity contribution in [3.8, 4) is 0 Å². The summed E-state index contributed by atoms with van der Waals surface area (Å²) in [4.78, 5) is 27.7. The fourth-order valence-corrected chi connectivity index (χ4v) is 4.68. The molecule has 1 aliphatic rings.